The van der Waals surface area contributed by atoms with Crippen LogP contribution in [0.4, 0.5) is 0 Å². The predicted octanol–water partition coefficient (Wildman–Crippen LogP) is 1.75. The van der Waals surface area contributed by atoms with Crippen molar-refractivity contribution in [2.45, 2.75) is 52.1 Å². The van der Waals surface area contributed by atoms with Gasteiger partial charge in [0.25, 0.3) is 0 Å². The summed E-state index contributed by atoms with van der Waals surface area (Å²) in [5.41, 5.74) is 8.65. The second-order valence-electron chi connectivity index (χ2n) is 4.50. The SMILES string of the molecule is CCc1cc(CC(N)C2CC2)n(CC)n1. The topological polar surface area (TPSA) is 43.8 Å². The maximum Gasteiger partial charge on any atom is 0.0624 e. The van der Waals surface area contributed by atoms with E-state index in [4.69, 9.17) is 5.73 Å². The van der Waals surface area contributed by atoms with Gasteiger partial charge in [0.1, 0.15) is 0 Å². The summed E-state index contributed by atoms with van der Waals surface area (Å²) in [6.07, 6.45) is 4.65. The van der Waals surface area contributed by atoms with Gasteiger partial charge < -0.3 is 5.73 Å². The second kappa shape index (κ2) is 4.35. The molecule has 1 saturated carbocycles. The molecular formula is C12H21N3. The maximum atomic E-state index is 6.14. The number of nitrogens with two attached hydrogens (primary N) is 1. The Morgan fingerprint density at radius 3 is 2.80 bits per heavy atom. The zero-order chi connectivity index (χ0) is 10.8. The number of aromatic nitrogens is 2. The Labute approximate surface area is 91.7 Å². The van der Waals surface area contributed by atoms with Crippen molar-refractivity contribution in [2.24, 2.45) is 11.7 Å². The van der Waals surface area contributed by atoms with E-state index in [0.717, 1.165) is 25.3 Å². The molecule has 1 fully saturated rings. The van der Waals surface area contributed by atoms with E-state index >= 15 is 0 Å². The van der Waals surface area contributed by atoms with E-state index in [2.05, 4.69) is 29.7 Å². The van der Waals surface area contributed by atoms with Crippen molar-refractivity contribution in [3.05, 3.63) is 17.5 Å². The molecule has 0 aliphatic heterocycles. The Bertz CT molecular complexity index is 326. The Kier molecular flexibility index (Phi) is 3.10. The smallest absolute Gasteiger partial charge is 0.0624 e. The van der Waals surface area contributed by atoms with Gasteiger partial charge in [-0.25, -0.2) is 0 Å². The number of aryl methyl sites for hydroxylation is 2. The molecule has 1 aliphatic carbocycles. The Morgan fingerprint density at radius 1 is 1.53 bits per heavy atom. The van der Waals surface area contributed by atoms with E-state index in [1.54, 1.807) is 0 Å². The molecule has 1 aromatic rings. The van der Waals surface area contributed by atoms with Crippen molar-refractivity contribution >= 4 is 0 Å². The van der Waals surface area contributed by atoms with Crippen LogP contribution in [0.1, 0.15) is 38.1 Å². The average molecular weight is 207 g/mol. The van der Waals surface area contributed by atoms with Crippen molar-refractivity contribution < 1.29 is 0 Å². The number of rotatable bonds is 5. The van der Waals surface area contributed by atoms with Crippen molar-refractivity contribution in [1.29, 1.82) is 0 Å². The van der Waals surface area contributed by atoms with Crippen molar-refractivity contribution in [3.63, 3.8) is 0 Å². The van der Waals surface area contributed by atoms with Crippen molar-refractivity contribution in [2.75, 3.05) is 0 Å². The Morgan fingerprint density at radius 2 is 2.27 bits per heavy atom. The summed E-state index contributed by atoms with van der Waals surface area (Å²) in [5, 5.41) is 4.54. The lowest BCUT2D eigenvalue weighted by atomic mass is 10.1. The van der Waals surface area contributed by atoms with Crippen LogP contribution >= 0.6 is 0 Å². The summed E-state index contributed by atoms with van der Waals surface area (Å²) in [6.45, 7) is 5.23. The highest BCUT2D eigenvalue weighted by atomic mass is 15.3. The van der Waals surface area contributed by atoms with Crippen LogP contribution in [0, 0.1) is 5.92 Å². The van der Waals surface area contributed by atoms with Crippen LogP contribution < -0.4 is 5.73 Å². The van der Waals surface area contributed by atoms with Crippen molar-refractivity contribution in [1.82, 2.24) is 9.78 Å². The van der Waals surface area contributed by atoms with Crippen LogP contribution in [0.25, 0.3) is 0 Å². The molecule has 0 bridgehead atoms. The lowest BCUT2D eigenvalue weighted by molar-refractivity contribution is 0.541. The molecule has 84 valence electrons. The lowest BCUT2D eigenvalue weighted by Gasteiger charge is -2.10. The van der Waals surface area contributed by atoms with E-state index in [1.807, 2.05) is 0 Å². The van der Waals surface area contributed by atoms with Crippen LogP contribution in [0.2, 0.25) is 0 Å². The molecule has 1 aliphatic rings. The van der Waals surface area contributed by atoms with Crippen LogP contribution in [0.3, 0.4) is 0 Å². The fraction of sp³-hybridized carbons (Fsp3) is 0.750. The summed E-state index contributed by atoms with van der Waals surface area (Å²) in [7, 11) is 0. The highest BCUT2D eigenvalue weighted by Crippen LogP contribution is 2.32. The fourth-order valence-corrected chi connectivity index (χ4v) is 2.06. The molecule has 3 nitrogen and oxygen atoms in total. The monoisotopic (exact) mass is 207 g/mol. The number of nitrogens with zero attached hydrogens (tertiary/aromatic N) is 2. The van der Waals surface area contributed by atoms with Gasteiger partial charge in [-0.1, -0.05) is 6.92 Å². The summed E-state index contributed by atoms with van der Waals surface area (Å²) >= 11 is 0. The molecule has 2 N–H and O–H groups in total. The third kappa shape index (κ3) is 2.40. The molecule has 0 spiro atoms. The first-order valence-electron chi connectivity index (χ1n) is 6.05. The lowest BCUT2D eigenvalue weighted by Crippen LogP contribution is -2.26. The van der Waals surface area contributed by atoms with Crippen LogP contribution in [-0.4, -0.2) is 15.8 Å². The summed E-state index contributed by atoms with van der Waals surface area (Å²) in [6, 6.07) is 2.56. The first kappa shape index (κ1) is 10.7. The zero-order valence-electron chi connectivity index (χ0n) is 9.74. The van der Waals surface area contributed by atoms with Crippen LogP contribution in [0.5, 0.6) is 0 Å². The highest BCUT2D eigenvalue weighted by Gasteiger charge is 2.29. The Balaban J connectivity index is 2.07. The van der Waals surface area contributed by atoms with Gasteiger partial charge in [0, 0.05) is 24.7 Å². The first-order chi connectivity index (χ1) is 7.24. The molecule has 0 saturated heterocycles. The molecule has 1 atom stereocenters. The van der Waals surface area contributed by atoms with Gasteiger partial charge in [0.15, 0.2) is 0 Å². The van der Waals surface area contributed by atoms with E-state index in [1.165, 1.54) is 24.2 Å². The minimum atomic E-state index is 0.344. The number of hydrogen-bond acceptors (Lipinski definition) is 2. The van der Waals surface area contributed by atoms with Crippen LogP contribution in [-0.2, 0) is 19.4 Å². The standard InChI is InChI=1S/C12H21N3/c1-3-10-7-11(15(4-2)14-10)8-12(13)9-5-6-9/h7,9,12H,3-6,8,13H2,1-2H3. The minimum Gasteiger partial charge on any atom is -0.327 e. The number of hydrogen-bond donors (Lipinski definition) is 1. The van der Waals surface area contributed by atoms with Gasteiger partial charge in [-0.2, -0.15) is 5.10 Å². The largest absolute Gasteiger partial charge is 0.327 e. The third-order valence-electron chi connectivity index (χ3n) is 3.25. The van der Waals surface area contributed by atoms with E-state index in [-0.39, 0.29) is 0 Å². The highest BCUT2D eigenvalue weighted by molar-refractivity contribution is 5.12. The minimum absolute atomic E-state index is 0.344. The third-order valence-corrected chi connectivity index (χ3v) is 3.25. The summed E-state index contributed by atoms with van der Waals surface area (Å²) in [5.74, 6) is 0.773. The summed E-state index contributed by atoms with van der Waals surface area (Å²) < 4.78 is 2.10. The fourth-order valence-electron chi connectivity index (χ4n) is 2.06. The molecule has 1 heterocycles. The summed E-state index contributed by atoms with van der Waals surface area (Å²) in [4.78, 5) is 0. The normalized spacial score (nSPS) is 18.1. The van der Waals surface area contributed by atoms with Gasteiger partial charge in [-0.05, 0) is 38.2 Å². The van der Waals surface area contributed by atoms with Gasteiger partial charge in [-0.15, -0.1) is 0 Å². The molecule has 0 aromatic carbocycles. The Hall–Kier alpha value is -0.830. The molecule has 0 amide bonds. The van der Waals surface area contributed by atoms with E-state index in [0.29, 0.717) is 6.04 Å². The van der Waals surface area contributed by atoms with E-state index < -0.39 is 0 Å². The van der Waals surface area contributed by atoms with Crippen LogP contribution in [0.15, 0.2) is 6.07 Å². The first-order valence-corrected chi connectivity index (χ1v) is 6.05. The van der Waals surface area contributed by atoms with Gasteiger partial charge in [0.05, 0.1) is 5.69 Å². The zero-order valence-corrected chi connectivity index (χ0v) is 9.74. The molecule has 15 heavy (non-hydrogen) atoms. The molecule has 1 aromatic heterocycles. The molecule has 0 radical (unpaired) electrons. The van der Waals surface area contributed by atoms with Crippen molar-refractivity contribution in [3.8, 4) is 0 Å². The van der Waals surface area contributed by atoms with Gasteiger partial charge >= 0.3 is 0 Å². The molecular weight excluding hydrogens is 186 g/mol. The van der Waals surface area contributed by atoms with E-state index in [9.17, 15) is 0 Å². The molecule has 1 unspecified atom stereocenters. The maximum absolute atomic E-state index is 6.14. The van der Waals surface area contributed by atoms with Gasteiger partial charge in [0.2, 0.25) is 0 Å². The predicted molar refractivity (Wildman–Crippen MR) is 61.7 cm³/mol. The molecule has 2 rings (SSSR count). The molecule has 3 heteroatoms. The quantitative estimate of drug-likeness (QED) is 0.799. The average Bonchev–Trinajstić information content (AvgIpc) is 3.01. The van der Waals surface area contributed by atoms with Gasteiger partial charge in [-0.3, -0.25) is 4.68 Å². The second-order valence-corrected chi connectivity index (χ2v) is 4.50.